The quantitative estimate of drug-likeness (QED) is 0.896. The Morgan fingerprint density at radius 1 is 1.28 bits per heavy atom. The summed E-state index contributed by atoms with van der Waals surface area (Å²) in [6.07, 6.45) is -3.10. The number of alkyl halides is 3. The van der Waals surface area contributed by atoms with Crippen molar-refractivity contribution in [2.75, 3.05) is 0 Å². The Morgan fingerprint density at radius 3 is 2.50 bits per heavy atom. The van der Waals surface area contributed by atoms with E-state index in [1.807, 2.05) is 0 Å². The summed E-state index contributed by atoms with van der Waals surface area (Å²) in [5.74, 6) is 0.275. The normalized spacial score (nSPS) is 13.6. The van der Waals surface area contributed by atoms with Crippen LogP contribution in [0.4, 0.5) is 13.2 Å². The van der Waals surface area contributed by atoms with Crippen LogP contribution in [-0.2, 0) is 6.18 Å². The van der Waals surface area contributed by atoms with E-state index in [-0.39, 0.29) is 11.5 Å². The van der Waals surface area contributed by atoms with Gasteiger partial charge in [-0.1, -0.05) is 12.1 Å². The summed E-state index contributed by atoms with van der Waals surface area (Å²) in [4.78, 5) is 3.84. The van der Waals surface area contributed by atoms with Gasteiger partial charge in [0.25, 0.3) is 0 Å². The second kappa shape index (κ2) is 4.45. The van der Waals surface area contributed by atoms with Gasteiger partial charge in [0.1, 0.15) is 5.76 Å². The van der Waals surface area contributed by atoms with Crippen molar-refractivity contribution in [3.63, 3.8) is 0 Å². The number of nitrogens with two attached hydrogens (primary N) is 1. The van der Waals surface area contributed by atoms with E-state index in [4.69, 9.17) is 10.2 Å². The molecule has 6 heteroatoms. The number of hydrogen-bond donors (Lipinski definition) is 1. The second-order valence-corrected chi connectivity index (χ2v) is 3.90. The fourth-order valence-corrected chi connectivity index (χ4v) is 1.54. The Bertz CT molecular complexity index is 546. The fraction of sp³-hybridized carbons (Fsp3) is 0.250. The van der Waals surface area contributed by atoms with E-state index in [9.17, 15) is 13.2 Å². The predicted octanol–water partition coefficient (Wildman–Crippen LogP) is 3.38. The molecule has 0 aliphatic carbocycles. The predicted molar refractivity (Wildman–Crippen MR) is 59.5 cm³/mol. The Balaban J connectivity index is 2.50. The molecule has 1 heterocycles. The van der Waals surface area contributed by atoms with Gasteiger partial charge in [-0.3, -0.25) is 0 Å². The topological polar surface area (TPSA) is 52.0 Å². The molecule has 0 saturated carbocycles. The maximum absolute atomic E-state index is 12.8. The highest BCUT2D eigenvalue weighted by molar-refractivity contribution is 5.59. The van der Waals surface area contributed by atoms with Crippen LogP contribution in [0.25, 0.3) is 11.5 Å². The zero-order valence-electron chi connectivity index (χ0n) is 9.53. The molecule has 96 valence electrons. The maximum atomic E-state index is 12.8. The first-order valence-corrected chi connectivity index (χ1v) is 5.27. The van der Waals surface area contributed by atoms with Crippen LogP contribution in [0.3, 0.4) is 0 Å². The van der Waals surface area contributed by atoms with Crippen molar-refractivity contribution < 1.29 is 17.6 Å². The monoisotopic (exact) mass is 256 g/mol. The number of rotatable bonds is 2. The van der Waals surface area contributed by atoms with Crippen molar-refractivity contribution in [3.8, 4) is 11.5 Å². The van der Waals surface area contributed by atoms with Crippen LogP contribution in [0.5, 0.6) is 0 Å². The summed E-state index contributed by atoms with van der Waals surface area (Å²) in [6.45, 7) is 1.67. The summed E-state index contributed by atoms with van der Waals surface area (Å²) in [5.41, 5.74) is 4.71. The molecule has 18 heavy (non-hydrogen) atoms. The molecule has 0 saturated heterocycles. The van der Waals surface area contributed by atoms with Gasteiger partial charge in [0.15, 0.2) is 0 Å². The van der Waals surface area contributed by atoms with E-state index in [0.29, 0.717) is 5.76 Å². The molecular weight excluding hydrogens is 245 g/mol. The average Bonchev–Trinajstić information content (AvgIpc) is 2.77. The van der Waals surface area contributed by atoms with Crippen LogP contribution in [0.15, 0.2) is 34.9 Å². The van der Waals surface area contributed by atoms with Crippen molar-refractivity contribution in [2.24, 2.45) is 5.73 Å². The van der Waals surface area contributed by atoms with Gasteiger partial charge in [0, 0.05) is 5.56 Å². The third-order valence-electron chi connectivity index (χ3n) is 2.44. The Morgan fingerprint density at radius 2 is 1.94 bits per heavy atom. The van der Waals surface area contributed by atoms with Crippen LogP contribution in [-0.4, -0.2) is 4.98 Å². The van der Waals surface area contributed by atoms with E-state index >= 15 is 0 Å². The molecule has 0 aliphatic heterocycles. The first kappa shape index (κ1) is 12.6. The van der Waals surface area contributed by atoms with E-state index in [2.05, 4.69) is 4.98 Å². The van der Waals surface area contributed by atoms with E-state index in [1.165, 1.54) is 24.4 Å². The van der Waals surface area contributed by atoms with Gasteiger partial charge >= 0.3 is 6.18 Å². The van der Waals surface area contributed by atoms with Crippen LogP contribution in [0, 0.1) is 0 Å². The molecule has 0 amide bonds. The number of aromatic nitrogens is 1. The highest BCUT2D eigenvalue weighted by atomic mass is 19.4. The van der Waals surface area contributed by atoms with E-state index in [0.717, 1.165) is 6.07 Å². The molecule has 0 aliphatic rings. The Hall–Kier alpha value is -1.82. The van der Waals surface area contributed by atoms with Gasteiger partial charge in [-0.25, -0.2) is 4.98 Å². The van der Waals surface area contributed by atoms with Crippen LogP contribution in [0.2, 0.25) is 0 Å². The lowest BCUT2D eigenvalue weighted by atomic mass is 10.1. The molecule has 1 aromatic carbocycles. The van der Waals surface area contributed by atoms with Gasteiger partial charge in [-0.05, 0) is 19.1 Å². The minimum Gasteiger partial charge on any atom is -0.440 e. The molecule has 2 N–H and O–H groups in total. The third-order valence-corrected chi connectivity index (χ3v) is 2.44. The minimum atomic E-state index is -4.44. The molecular formula is C12H11F3N2O. The number of benzene rings is 1. The molecule has 2 aromatic rings. The minimum absolute atomic E-state index is 0.0739. The molecule has 0 fully saturated rings. The van der Waals surface area contributed by atoms with Gasteiger partial charge in [0.05, 0.1) is 17.8 Å². The molecule has 0 spiro atoms. The second-order valence-electron chi connectivity index (χ2n) is 3.90. The summed E-state index contributed by atoms with van der Waals surface area (Å²) in [6, 6.07) is 4.72. The summed E-state index contributed by atoms with van der Waals surface area (Å²) in [5, 5.41) is 0. The smallest absolute Gasteiger partial charge is 0.417 e. The molecule has 2 rings (SSSR count). The summed E-state index contributed by atoms with van der Waals surface area (Å²) < 4.78 is 43.6. The number of halogens is 3. The van der Waals surface area contributed by atoms with Gasteiger partial charge in [-0.2, -0.15) is 13.2 Å². The zero-order valence-corrected chi connectivity index (χ0v) is 9.53. The first-order valence-electron chi connectivity index (χ1n) is 5.27. The highest BCUT2D eigenvalue weighted by Gasteiger charge is 2.34. The molecule has 1 atom stereocenters. The number of nitrogens with zero attached hydrogens (tertiary/aromatic N) is 1. The molecule has 0 radical (unpaired) electrons. The maximum Gasteiger partial charge on any atom is 0.417 e. The highest BCUT2D eigenvalue weighted by Crippen LogP contribution is 2.36. The van der Waals surface area contributed by atoms with Crippen molar-refractivity contribution in [2.45, 2.75) is 19.1 Å². The molecule has 1 aromatic heterocycles. The molecule has 3 nitrogen and oxygen atoms in total. The lowest BCUT2D eigenvalue weighted by molar-refractivity contribution is -0.137. The Labute approximate surface area is 101 Å². The van der Waals surface area contributed by atoms with Crippen molar-refractivity contribution >= 4 is 0 Å². The van der Waals surface area contributed by atoms with Crippen molar-refractivity contribution in [1.82, 2.24) is 4.98 Å². The number of oxazole rings is 1. The van der Waals surface area contributed by atoms with E-state index < -0.39 is 17.8 Å². The first-order chi connectivity index (χ1) is 8.39. The SMILES string of the molecule is CC(N)c1cnc(-c2ccccc2C(F)(F)F)o1. The van der Waals surface area contributed by atoms with Gasteiger partial charge < -0.3 is 10.2 Å². The van der Waals surface area contributed by atoms with Gasteiger partial charge in [0.2, 0.25) is 5.89 Å². The Kier molecular flexibility index (Phi) is 3.13. The average molecular weight is 256 g/mol. The summed E-state index contributed by atoms with van der Waals surface area (Å²) >= 11 is 0. The van der Waals surface area contributed by atoms with E-state index in [1.54, 1.807) is 6.92 Å². The fourth-order valence-electron chi connectivity index (χ4n) is 1.54. The lowest BCUT2D eigenvalue weighted by Gasteiger charge is -2.09. The third kappa shape index (κ3) is 2.38. The van der Waals surface area contributed by atoms with Crippen LogP contribution in [0.1, 0.15) is 24.3 Å². The van der Waals surface area contributed by atoms with Crippen LogP contribution < -0.4 is 5.73 Å². The van der Waals surface area contributed by atoms with Crippen molar-refractivity contribution in [3.05, 3.63) is 41.8 Å². The standard InChI is InChI=1S/C12H11F3N2O/c1-7(16)10-6-17-11(18-10)8-4-2-3-5-9(8)12(13,14)15/h2-7H,16H2,1H3. The lowest BCUT2D eigenvalue weighted by Crippen LogP contribution is -2.07. The largest absolute Gasteiger partial charge is 0.440 e. The molecule has 1 unspecified atom stereocenters. The summed E-state index contributed by atoms with van der Waals surface area (Å²) in [7, 11) is 0. The molecule has 0 bridgehead atoms. The van der Waals surface area contributed by atoms with Crippen molar-refractivity contribution in [1.29, 1.82) is 0 Å². The van der Waals surface area contributed by atoms with Gasteiger partial charge in [-0.15, -0.1) is 0 Å². The number of hydrogen-bond acceptors (Lipinski definition) is 3. The zero-order chi connectivity index (χ0) is 13.3. The van der Waals surface area contributed by atoms with Crippen LogP contribution >= 0.6 is 0 Å².